The molecule has 0 saturated carbocycles. The summed E-state index contributed by atoms with van der Waals surface area (Å²) in [6.45, 7) is 2.51. The Labute approximate surface area is 76.7 Å². The first-order chi connectivity index (χ1) is 6.11. The molecule has 3 N–H and O–H groups in total. The zero-order valence-electron chi connectivity index (χ0n) is 7.62. The number of aliphatic hydroxyl groups excluding tert-OH is 1. The van der Waals surface area contributed by atoms with Crippen molar-refractivity contribution in [1.82, 2.24) is 5.32 Å². The fraction of sp³-hybridized carbons (Fsp3) is 0.875. The molecule has 1 saturated heterocycles. The van der Waals surface area contributed by atoms with E-state index in [2.05, 4.69) is 10.1 Å². The van der Waals surface area contributed by atoms with Crippen molar-refractivity contribution in [2.24, 2.45) is 0 Å². The topological polar surface area (TPSA) is 78.8 Å². The minimum absolute atomic E-state index is 0.0486. The average molecular weight is 189 g/mol. The molecule has 0 radical (unpaired) electrons. The lowest BCUT2D eigenvalue weighted by Gasteiger charge is -2.34. The second-order valence-corrected chi connectivity index (χ2v) is 3.13. The second kappa shape index (κ2) is 4.04. The molecule has 1 heterocycles. The van der Waals surface area contributed by atoms with E-state index < -0.39 is 17.7 Å². The van der Waals surface area contributed by atoms with Gasteiger partial charge in [-0.1, -0.05) is 0 Å². The predicted molar refractivity (Wildman–Crippen MR) is 45.1 cm³/mol. The summed E-state index contributed by atoms with van der Waals surface area (Å²) in [5, 5.41) is 22.0. The van der Waals surface area contributed by atoms with Crippen molar-refractivity contribution in [3.63, 3.8) is 0 Å². The van der Waals surface area contributed by atoms with Crippen LogP contribution in [-0.4, -0.2) is 47.6 Å². The summed E-state index contributed by atoms with van der Waals surface area (Å²) in [5.74, 6) is -0.755. The van der Waals surface area contributed by atoms with Gasteiger partial charge in [0.15, 0.2) is 0 Å². The van der Waals surface area contributed by atoms with Crippen LogP contribution in [0.4, 0.5) is 0 Å². The average Bonchev–Trinajstić information content (AvgIpc) is 2.11. The first-order valence-electron chi connectivity index (χ1n) is 4.39. The number of esters is 1. The molecule has 0 spiro atoms. The summed E-state index contributed by atoms with van der Waals surface area (Å²) in [7, 11) is 0. The summed E-state index contributed by atoms with van der Waals surface area (Å²) < 4.78 is 4.67. The lowest BCUT2D eigenvalue weighted by molar-refractivity contribution is -0.180. The van der Waals surface area contributed by atoms with Crippen LogP contribution in [0.1, 0.15) is 13.3 Å². The van der Waals surface area contributed by atoms with Gasteiger partial charge in [-0.05, 0) is 19.9 Å². The zero-order chi connectivity index (χ0) is 9.90. The molecule has 0 aromatic carbocycles. The van der Waals surface area contributed by atoms with Crippen LogP contribution in [0.15, 0.2) is 0 Å². The highest BCUT2D eigenvalue weighted by molar-refractivity contribution is 5.80. The van der Waals surface area contributed by atoms with Crippen molar-refractivity contribution >= 4 is 5.97 Å². The van der Waals surface area contributed by atoms with E-state index in [0.29, 0.717) is 13.0 Å². The molecule has 0 amide bonds. The Morgan fingerprint density at radius 1 is 1.77 bits per heavy atom. The van der Waals surface area contributed by atoms with Crippen LogP contribution in [0.3, 0.4) is 0 Å². The van der Waals surface area contributed by atoms with Crippen molar-refractivity contribution in [1.29, 1.82) is 0 Å². The molecule has 2 atom stereocenters. The largest absolute Gasteiger partial charge is 0.464 e. The Kier molecular flexibility index (Phi) is 3.24. The second-order valence-electron chi connectivity index (χ2n) is 3.13. The number of hydrogen-bond acceptors (Lipinski definition) is 5. The number of ether oxygens (including phenoxy) is 1. The SMILES string of the molecule is CCOC(=O)[C@@]1(O)CNCC[C@@H]1O. The van der Waals surface area contributed by atoms with E-state index in [1.54, 1.807) is 6.92 Å². The first kappa shape index (κ1) is 10.4. The van der Waals surface area contributed by atoms with Crippen LogP contribution >= 0.6 is 0 Å². The third-order valence-electron chi connectivity index (χ3n) is 2.17. The maximum absolute atomic E-state index is 11.3. The molecule has 1 fully saturated rings. The van der Waals surface area contributed by atoms with Gasteiger partial charge in [-0.2, -0.15) is 0 Å². The number of hydrogen-bond donors (Lipinski definition) is 3. The fourth-order valence-corrected chi connectivity index (χ4v) is 1.34. The highest BCUT2D eigenvalue weighted by Gasteiger charge is 2.46. The molecule has 1 rings (SSSR count). The Morgan fingerprint density at radius 2 is 2.46 bits per heavy atom. The van der Waals surface area contributed by atoms with Gasteiger partial charge in [0.2, 0.25) is 5.60 Å². The van der Waals surface area contributed by atoms with Crippen molar-refractivity contribution < 1.29 is 19.7 Å². The number of rotatable bonds is 2. The summed E-state index contributed by atoms with van der Waals surface area (Å²) >= 11 is 0. The van der Waals surface area contributed by atoms with Crippen molar-refractivity contribution in [3.05, 3.63) is 0 Å². The first-order valence-corrected chi connectivity index (χ1v) is 4.39. The van der Waals surface area contributed by atoms with Crippen molar-refractivity contribution in [2.75, 3.05) is 19.7 Å². The molecule has 0 aliphatic carbocycles. The van der Waals surface area contributed by atoms with E-state index in [0.717, 1.165) is 0 Å². The summed E-state index contributed by atoms with van der Waals surface area (Å²) in [6, 6.07) is 0. The van der Waals surface area contributed by atoms with E-state index >= 15 is 0 Å². The van der Waals surface area contributed by atoms with Crippen LogP contribution < -0.4 is 5.32 Å². The van der Waals surface area contributed by atoms with E-state index in [9.17, 15) is 15.0 Å². The molecule has 0 aromatic rings. The minimum atomic E-state index is -1.77. The monoisotopic (exact) mass is 189 g/mol. The van der Waals surface area contributed by atoms with Gasteiger partial charge in [0.05, 0.1) is 12.7 Å². The lowest BCUT2D eigenvalue weighted by Crippen LogP contribution is -2.60. The fourth-order valence-electron chi connectivity index (χ4n) is 1.34. The van der Waals surface area contributed by atoms with E-state index in [-0.39, 0.29) is 13.2 Å². The highest BCUT2D eigenvalue weighted by atomic mass is 16.6. The minimum Gasteiger partial charge on any atom is -0.464 e. The number of aliphatic hydroxyl groups is 2. The number of nitrogens with one attached hydrogen (secondary N) is 1. The molecule has 1 aliphatic heterocycles. The normalized spacial score (nSPS) is 34.2. The summed E-state index contributed by atoms with van der Waals surface area (Å²) in [5.41, 5.74) is -1.77. The van der Waals surface area contributed by atoms with E-state index in [1.807, 2.05) is 0 Å². The maximum Gasteiger partial charge on any atom is 0.342 e. The van der Waals surface area contributed by atoms with Gasteiger partial charge in [0, 0.05) is 6.54 Å². The standard InChI is InChI=1S/C8H15NO4/c1-2-13-7(11)8(12)5-9-4-3-6(8)10/h6,9-10,12H,2-5H2,1H3/t6-,8+/m0/s1. The van der Waals surface area contributed by atoms with Crippen molar-refractivity contribution in [2.45, 2.75) is 25.0 Å². The molecule has 0 unspecified atom stereocenters. The number of β-amino-alcohol motifs (C(OH)–C–C–N with tert-alkyl or cyclic N) is 1. The van der Waals surface area contributed by atoms with Crippen LogP contribution in [0.25, 0.3) is 0 Å². The van der Waals surface area contributed by atoms with Crippen molar-refractivity contribution in [3.8, 4) is 0 Å². The Bertz CT molecular complexity index is 197. The molecule has 1 aliphatic rings. The Morgan fingerprint density at radius 3 is 3.00 bits per heavy atom. The van der Waals surface area contributed by atoms with E-state index in [4.69, 9.17) is 0 Å². The molecule has 5 heteroatoms. The molecule has 0 bridgehead atoms. The van der Waals surface area contributed by atoms with Gasteiger partial charge in [-0.3, -0.25) is 0 Å². The van der Waals surface area contributed by atoms with Gasteiger partial charge < -0.3 is 20.3 Å². The Hall–Kier alpha value is -0.650. The Balaban J connectivity index is 2.65. The quantitative estimate of drug-likeness (QED) is 0.467. The van der Waals surface area contributed by atoms with Crippen LogP contribution in [-0.2, 0) is 9.53 Å². The highest BCUT2D eigenvalue weighted by Crippen LogP contribution is 2.18. The van der Waals surface area contributed by atoms with Gasteiger partial charge in [-0.15, -0.1) is 0 Å². The number of piperidine rings is 1. The van der Waals surface area contributed by atoms with Gasteiger partial charge in [0.25, 0.3) is 0 Å². The van der Waals surface area contributed by atoms with Gasteiger partial charge in [0.1, 0.15) is 0 Å². The third-order valence-corrected chi connectivity index (χ3v) is 2.17. The third kappa shape index (κ3) is 1.99. The molecular weight excluding hydrogens is 174 g/mol. The molecule has 5 nitrogen and oxygen atoms in total. The van der Waals surface area contributed by atoms with Crippen LogP contribution in [0, 0.1) is 0 Å². The number of carbonyl (C=O) groups is 1. The van der Waals surface area contributed by atoms with Crippen LogP contribution in [0.2, 0.25) is 0 Å². The number of carbonyl (C=O) groups excluding carboxylic acids is 1. The molecule has 13 heavy (non-hydrogen) atoms. The zero-order valence-corrected chi connectivity index (χ0v) is 7.62. The molecule has 0 aromatic heterocycles. The lowest BCUT2D eigenvalue weighted by atomic mass is 9.91. The van der Waals surface area contributed by atoms with Crippen LogP contribution in [0.5, 0.6) is 0 Å². The predicted octanol–water partition coefficient (Wildman–Crippen LogP) is -1.37. The molecular formula is C8H15NO4. The molecule has 76 valence electrons. The summed E-state index contributed by atoms with van der Waals surface area (Å²) in [6.07, 6.45) is -0.678. The summed E-state index contributed by atoms with van der Waals surface area (Å²) in [4.78, 5) is 11.3. The maximum atomic E-state index is 11.3. The van der Waals surface area contributed by atoms with Gasteiger partial charge in [-0.25, -0.2) is 4.79 Å². The smallest absolute Gasteiger partial charge is 0.342 e. The van der Waals surface area contributed by atoms with Gasteiger partial charge >= 0.3 is 5.97 Å². The van der Waals surface area contributed by atoms with E-state index in [1.165, 1.54) is 0 Å².